The van der Waals surface area contributed by atoms with E-state index in [1.807, 2.05) is 13.0 Å². The van der Waals surface area contributed by atoms with Gasteiger partial charge in [-0.1, -0.05) is 6.07 Å². The molecule has 5 nitrogen and oxygen atoms in total. The lowest BCUT2D eigenvalue weighted by molar-refractivity contribution is -0.115. The first-order chi connectivity index (χ1) is 9.57. The van der Waals surface area contributed by atoms with Crippen molar-refractivity contribution in [1.82, 2.24) is 5.32 Å². The maximum absolute atomic E-state index is 12.5. The van der Waals surface area contributed by atoms with Crippen molar-refractivity contribution in [2.75, 3.05) is 18.5 Å². The number of carbonyl (C=O) groups excluding carboxylic acids is 2. The zero-order valence-electron chi connectivity index (χ0n) is 11.5. The zero-order valence-corrected chi connectivity index (χ0v) is 11.5. The van der Waals surface area contributed by atoms with Gasteiger partial charge in [0, 0.05) is 30.0 Å². The molecule has 5 heteroatoms. The summed E-state index contributed by atoms with van der Waals surface area (Å²) in [5, 5.41) is 5.86. The van der Waals surface area contributed by atoms with Crippen LogP contribution in [0.1, 0.15) is 35.7 Å². The second-order valence-corrected chi connectivity index (χ2v) is 5.68. The number of nitrogens with one attached hydrogen (secondary N) is 2. The fraction of sp³-hybridized carbons (Fsp3) is 0.467. The van der Waals surface area contributed by atoms with E-state index in [0.29, 0.717) is 18.8 Å². The van der Waals surface area contributed by atoms with E-state index in [-0.39, 0.29) is 23.8 Å². The van der Waals surface area contributed by atoms with Gasteiger partial charge in [-0.15, -0.1) is 0 Å². The maximum atomic E-state index is 12.5. The van der Waals surface area contributed by atoms with Crippen LogP contribution in [-0.4, -0.2) is 30.6 Å². The number of hydrogen-bond acceptors (Lipinski definition) is 3. The molecule has 1 fully saturated rings. The topological polar surface area (TPSA) is 67.4 Å². The van der Waals surface area contributed by atoms with E-state index in [9.17, 15) is 9.59 Å². The summed E-state index contributed by atoms with van der Waals surface area (Å²) in [7, 11) is 0. The van der Waals surface area contributed by atoms with Crippen LogP contribution < -0.4 is 10.6 Å². The minimum atomic E-state index is -0.228. The third-order valence-corrected chi connectivity index (χ3v) is 4.04. The molecule has 106 valence electrons. The number of anilines is 1. The van der Waals surface area contributed by atoms with Crippen LogP contribution in [0, 0.1) is 0 Å². The smallest absolute Gasteiger partial charge is 0.252 e. The molecule has 1 aromatic carbocycles. The monoisotopic (exact) mass is 274 g/mol. The van der Waals surface area contributed by atoms with Crippen molar-refractivity contribution in [3.05, 3.63) is 29.3 Å². The second-order valence-electron chi connectivity index (χ2n) is 5.68. The normalized spacial score (nSPS) is 20.1. The molecule has 0 unspecified atom stereocenters. The molecule has 0 atom stereocenters. The first kappa shape index (κ1) is 13.1. The zero-order chi connectivity index (χ0) is 14.2. The van der Waals surface area contributed by atoms with Gasteiger partial charge in [-0.05, 0) is 37.5 Å². The molecule has 2 heterocycles. The Morgan fingerprint density at radius 2 is 2.10 bits per heavy atom. The largest absolute Gasteiger partial charge is 0.381 e. The Bertz CT molecular complexity index is 562. The van der Waals surface area contributed by atoms with Gasteiger partial charge in [0.2, 0.25) is 5.91 Å². The lowest BCUT2D eigenvalue weighted by atomic mass is 9.91. The van der Waals surface area contributed by atoms with E-state index in [1.165, 1.54) is 0 Å². The van der Waals surface area contributed by atoms with E-state index in [1.54, 1.807) is 12.1 Å². The van der Waals surface area contributed by atoms with Crippen LogP contribution in [0.2, 0.25) is 0 Å². The van der Waals surface area contributed by atoms with E-state index in [4.69, 9.17) is 4.74 Å². The summed E-state index contributed by atoms with van der Waals surface area (Å²) >= 11 is 0. The molecular formula is C15H18N2O3. The quantitative estimate of drug-likeness (QED) is 0.858. The molecule has 2 amide bonds. The molecule has 1 saturated heterocycles. The van der Waals surface area contributed by atoms with Gasteiger partial charge in [0.25, 0.3) is 5.91 Å². The third kappa shape index (κ3) is 2.41. The predicted octanol–water partition coefficient (Wildman–Crippen LogP) is 1.48. The van der Waals surface area contributed by atoms with Crippen molar-refractivity contribution in [2.24, 2.45) is 0 Å². The van der Waals surface area contributed by atoms with Crippen molar-refractivity contribution in [3.63, 3.8) is 0 Å². The molecule has 3 rings (SSSR count). The van der Waals surface area contributed by atoms with Crippen LogP contribution in [0.15, 0.2) is 18.2 Å². The molecule has 2 N–H and O–H groups in total. The summed E-state index contributed by atoms with van der Waals surface area (Å²) in [5.41, 5.74) is 1.91. The first-order valence-electron chi connectivity index (χ1n) is 6.89. The summed E-state index contributed by atoms with van der Waals surface area (Å²) in [6, 6.07) is 5.40. The van der Waals surface area contributed by atoms with Crippen LogP contribution >= 0.6 is 0 Å². The van der Waals surface area contributed by atoms with Crippen LogP contribution in [0.5, 0.6) is 0 Å². The van der Waals surface area contributed by atoms with Gasteiger partial charge in [0.05, 0.1) is 6.42 Å². The molecule has 1 aromatic rings. The van der Waals surface area contributed by atoms with Crippen molar-refractivity contribution in [2.45, 2.75) is 31.7 Å². The Hall–Kier alpha value is -1.88. The average Bonchev–Trinajstić information content (AvgIpc) is 2.78. The predicted molar refractivity (Wildman–Crippen MR) is 74.7 cm³/mol. The summed E-state index contributed by atoms with van der Waals surface area (Å²) in [4.78, 5) is 24.0. The minimum absolute atomic E-state index is 0.0578. The highest BCUT2D eigenvalue weighted by Gasteiger charge is 2.31. The molecule has 2 aliphatic heterocycles. The summed E-state index contributed by atoms with van der Waals surface area (Å²) in [5.74, 6) is -0.166. The molecule has 0 bridgehead atoms. The first-order valence-corrected chi connectivity index (χ1v) is 6.89. The fourth-order valence-corrected chi connectivity index (χ4v) is 2.75. The van der Waals surface area contributed by atoms with Gasteiger partial charge in [-0.25, -0.2) is 0 Å². The second kappa shape index (κ2) is 4.90. The molecule has 0 aliphatic carbocycles. The van der Waals surface area contributed by atoms with Crippen molar-refractivity contribution >= 4 is 17.5 Å². The number of hydrogen-bond donors (Lipinski definition) is 2. The molecule has 0 saturated carbocycles. The lowest BCUT2D eigenvalue weighted by Crippen LogP contribution is -2.49. The standard InChI is InChI=1S/C15H18N2O3/c1-15(5-7-20-8-6-15)17-14(19)10-3-2-4-12-11(10)9-13(18)16-12/h2-4H,5-9H2,1H3,(H,16,18)(H,17,19). The molecule has 20 heavy (non-hydrogen) atoms. The molecule has 0 spiro atoms. The summed E-state index contributed by atoms with van der Waals surface area (Å²) < 4.78 is 5.33. The number of carbonyl (C=O) groups is 2. The van der Waals surface area contributed by atoms with Gasteiger partial charge in [0.1, 0.15) is 0 Å². The molecule has 2 aliphatic rings. The van der Waals surface area contributed by atoms with E-state index >= 15 is 0 Å². The van der Waals surface area contributed by atoms with Crippen molar-refractivity contribution in [1.29, 1.82) is 0 Å². The Morgan fingerprint density at radius 1 is 1.35 bits per heavy atom. The van der Waals surface area contributed by atoms with E-state index in [0.717, 1.165) is 24.1 Å². The van der Waals surface area contributed by atoms with E-state index in [2.05, 4.69) is 10.6 Å². The molecule has 0 aromatic heterocycles. The Kier molecular flexibility index (Phi) is 3.22. The van der Waals surface area contributed by atoms with Crippen LogP contribution in [-0.2, 0) is 16.0 Å². The van der Waals surface area contributed by atoms with Gasteiger partial charge in [-0.3, -0.25) is 9.59 Å². The van der Waals surface area contributed by atoms with Gasteiger partial charge >= 0.3 is 0 Å². The maximum Gasteiger partial charge on any atom is 0.252 e. The van der Waals surface area contributed by atoms with E-state index < -0.39 is 0 Å². The third-order valence-electron chi connectivity index (χ3n) is 4.04. The van der Waals surface area contributed by atoms with Crippen molar-refractivity contribution < 1.29 is 14.3 Å². The Morgan fingerprint density at radius 3 is 2.85 bits per heavy atom. The highest BCUT2D eigenvalue weighted by Crippen LogP contribution is 2.27. The fourth-order valence-electron chi connectivity index (χ4n) is 2.75. The number of benzene rings is 1. The Balaban J connectivity index is 1.82. The van der Waals surface area contributed by atoms with Gasteiger partial charge < -0.3 is 15.4 Å². The number of ether oxygens (including phenoxy) is 1. The lowest BCUT2D eigenvalue weighted by Gasteiger charge is -2.34. The minimum Gasteiger partial charge on any atom is -0.381 e. The average molecular weight is 274 g/mol. The van der Waals surface area contributed by atoms with Crippen LogP contribution in [0.25, 0.3) is 0 Å². The molecule has 0 radical (unpaired) electrons. The molecular weight excluding hydrogens is 256 g/mol. The highest BCUT2D eigenvalue weighted by atomic mass is 16.5. The highest BCUT2D eigenvalue weighted by molar-refractivity contribution is 6.05. The Labute approximate surface area is 117 Å². The van der Waals surface area contributed by atoms with Crippen molar-refractivity contribution in [3.8, 4) is 0 Å². The number of rotatable bonds is 2. The van der Waals surface area contributed by atoms with Gasteiger partial charge in [-0.2, -0.15) is 0 Å². The summed E-state index contributed by atoms with van der Waals surface area (Å²) in [6.07, 6.45) is 1.90. The van der Waals surface area contributed by atoms with Gasteiger partial charge in [0.15, 0.2) is 0 Å². The number of fused-ring (bicyclic) bond motifs is 1. The van der Waals surface area contributed by atoms with Crippen LogP contribution in [0.4, 0.5) is 5.69 Å². The number of amides is 2. The SMILES string of the molecule is CC1(NC(=O)c2cccc3c2CC(=O)N3)CCOCC1. The summed E-state index contributed by atoms with van der Waals surface area (Å²) in [6.45, 7) is 3.38. The van der Waals surface area contributed by atoms with Crippen LogP contribution in [0.3, 0.4) is 0 Å².